The van der Waals surface area contributed by atoms with Crippen molar-refractivity contribution in [2.45, 2.75) is 64.1 Å². The zero-order valence-electron chi connectivity index (χ0n) is 10.7. The number of hydrogen-bond donors (Lipinski definition) is 0. The van der Waals surface area contributed by atoms with E-state index < -0.39 is 0 Å². The maximum atomic E-state index is 5.78. The van der Waals surface area contributed by atoms with Crippen LogP contribution >= 0.6 is 0 Å². The van der Waals surface area contributed by atoms with Crippen molar-refractivity contribution in [3.8, 4) is 0 Å². The molecule has 2 heterocycles. The summed E-state index contributed by atoms with van der Waals surface area (Å²) in [6.07, 6.45) is 6.73. The van der Waals surface area contributed by atoms with E-state index in [9.17, 15) is 0 Å². The van der Waals surface area contributed by atoms with Gasteiger partial charge in [0, 0.05) is 13.2 Å². The molecule has 0 saturated carbocycles. The lowest BCUT2D eigenvalue weighted by Crippen LogP contribution is -2.31. The largest absolute Gasteiger partial charge is 0.353 e. The second-order valence-electron chi connectivity index (χ2n) is 4.87. The molecule has 0 bridgehead atoms. The fraction of sp³-hybridized carbons (Fsp3) is 1.00. The minimum absolute atomic E-state index is 0.0259. The third-order valence-corrected chi connectivity index (χ3v) is 3.18. The average Bonchev–Trinajstić information content (AvgIpc) is 2.39. The van der Waals surface area contributed by atoms with Crippen LogP contribution in [0.25, 0.3) is 0 Å². The van der Waals surface area contributed by atoms with Crippen LogP contribution < -0.4 is 0 Å². The molecule has 0 spiro atoms. The van der Waals surface area contributed by atoms with Crippen molar-refractivity contribution >= 4 is 0 Å². The van der Waals surface area contributed by atoms with Crippen LogP contribution in [0.1, 0.15) is 45.4 Å². The van der Waals surface area contributed by atoms with Gasteiger partial charge in [-0.3, -0.25) is 0 Å². The second kappa shape index (κ2) is 7.31. The molecule has 2 rings (SSSR count). The molecule has 17 heavy (non-hydrogen) atoms. The van der Waals surface area contributed by atoms with Crippen molar-refractivity contribution < 1.29 is 18.9 Å². The van der Waals surface area contributed by atoms with E-state index in [4.69, 9.17) is 18.9 Å². The molecule has 4 nitrogen and oxygen atoms in total. The Morgan fingerprint density at radius 2 is 1.65 bits per heavy atom. The van der Waals surface area contributed by atoms with Crippen LogP contribution in [0.15, 0.2) is 0 Å². The molecule has 0 N–H and O–H groups in total. The molecular formula is C13H24O4. The summed E-state index contributed by atoms with van der Waals surface area (Å²) >= 11 is 0. The van der Waals surface area contributed by atoms with Crippen LogP contribution in [0.3, 0.4) is 0 Å². The minimum Gasteiger partial charge on any atom is -0.353 e. The van der Waals surface area contributed by atoms with Crippen molar-refractivity contribution in [2.75, 3.05) is 19.8 Å². The Labute approximate surface area is 104 Å². The zero-order valence-corrected chi connectivity index (χ0v) is 10.7. The summed E-state index contributed by atoms with van der Waals surface area (Å²) in [5.41, 5.74) is 0. The summed E-state index contributed by atoms with van der Waals surface area (Å²) in [4.78, 5) is 0. The Morgan fingerprint density at radius 3 is 2.24 bits per heavy atom. The van der Waals surface area contributed by atoms with Crippen molar-refractivity contribution in [1.29, 1.82) is 0 Å². The molecule has 4 heteroatoms. The first-order chi connectivity index (χ1) is 8.34. The molecule has 0 radical (unpaired) electrons. The molecule has 2 saturated heterocycles. The van der Waals surface area contributed by atoms with Crippen molar-refractivity contribution in [2.24, 2.45) is 0 Å². The van der Waals surface area contributed by atoms with E-state index in [0.717, 1.165) is 38.9 Å². The standard InChI is InChI=1S/C13H24O4/c1-11(17-13-7-3-5-9-15-13)10-16-12-6-2-4-8-14-12/h11-13H,2-10H2,1H3. The first-order valence-corrected chi connectivity index (χ1v) is 6.85. The van der Waals surface area contributed by atoms with Gasteiger partial charge in [0.2, 0.25) is 0 Å². The topological polar surface area (TPSA) is 36.9 Å². The molecule has 2 aliphatic heterocycles. The van der Waals surface area contributed by atoms with E-state index in [-0.39, 0.29) is 18.7 Å². The smallest absolute Gasteiger partial charge is 0.158 e. The normalized spacial score (nSPS) is 32.3. The maximum absolute atomic E-state index is 5.78. The monoisotopic (exact) mass is 244 g/mol. The van der Waals surface area contributed by atoms with Crippen LogP contribution in [0.4, 0.5) is 0 Å². The first-order valence-electron chi connectivity index (χ1n) is 6.85. The van der Waals surface area contributed by atoms with Crippen molar-refractivity contribution in [1.82, 2.24) is 0 Å². The fourth-order valence-corrected chi connectivity index (χ4v) is 2.20. The van der Waals surface area contributed by atoms with Gasteiger partial charge in [0.25, 0.3) is 0 Å². The molecule has 0 aliphatic carbocycles. The molecule has 100 valence electrons. The first kappa shape index (κ1) is 13.3. The Bertz CT molecular complexity index is 198. The van der Waals surface area contributed by atoms with E-state index in [1.54, 1.807) is 0 Å². The third kappa shape index (κ3) is 4.92. The molecule has 0 aromatic heterocycles. The summed E-state index contributed by atoms with van der Waals surface area (Å²) < 4.78 is 22.5. The molecule has 2 aliphatic rings. The van der Waals surface area contributed by atoms with Gasteiger partial charge in [-0.15, -0.1) is 0 Å². The molecule has 3 unspecified atom stereocenters. The van der Waals surface area contributed by atoms with Gasteiger partial charge in [-0.25, -0.2) is 0 Å². The van der Waals surface area contributed by atoms with Crippen LogP contribution in [-0.4, -0.2) is 38.5 Å². The second-order valence-corrected chi connectivity index (χ2v) is 4.87. The number of rotatable bonds is 5. The van der Waals surface area contributed by atoms with E-state index in [0.29, 0.717) is 6.61 Å². The Morgan fingerprint density at radius 1 is 1.00 bits per heavy atom. The highest BCUT2D eigenvalue weighted by molar-refractivity contribution is 4.59. The van der Waals surface area contributed by atoms with Gasteiger partial charge in [-0.1, -0.05) is 0 Å². The summed E-state index contributed by atoms with van der Waals surface area (Å²) in [5, 5.41) is 0. The zero-order chi connectivity index (χ0) is 11.9. The SMILES string of the molecule is CC(COC1CCCCO1)OC1CCCCO1. The highest BCUT2D eigenvalue weighted by atomic mass is 16.7. The molecule has 3 atom stereocenters. The predicted molar refractivity (Wildman–Crippen MR) is 63.7 cm³/mol. The molecule has 0 amide bonds. The lowest BCUT2D eigenvalue weighted by molar-refractivity contribution is -0.219. The number of ether oxygens (including phenoxy) is 4. The lowest BCUT2D eigenvalue weighted by atomic mass is 10.2. The minimum atomic E-state index is -0.0328. The molecular weight excluding hydrogens is 220 g/mol. The Kier molecular flexibility index (Phi) is 5.71. The molecule has 0 aromatic rings. The van der Waals surface area contributed by atoms with Crippen LogP contribution in [-0.2, 0) is 18.9 Å². The summed E-state index contributed by atoms with van der Waals surface area (Å²) in [6.45, 7) is 4.26. The Hall–Kier alpha value is -0.160. The fourth-order valence-electron chi connectivity index (χ4n) is 2.20. The highest BCUT2D eigenvalue weighted by Crippen LogP contribution is 2.17. The predicted octanol–water partition coefficient (Wildman–Crippen LogP) is 2.46. The van der Waals surface area contributed by atoms with Crippen LogP contribution in [0.5, 0.6) is 0 Å². The number of hydrogen-bond acceptors (Lipinski definition) is 4. The van der Waals surface area contributed by atoms with E-state index >= 15 is 0 Å². The Balaban J connectivity index is 1.57. The highest BCUT2D eigenvalue weighted by Gasteiger charge is 2.19. The van der Waals surface area contributed by atoms with Crippen molar-refractivity contribution in [3.63, 3.8) is 0 Å². The quantitative estimate of drug-likeness (QED) is 0.744. The molecule has 2 fully saturated rings. The van der Waals surface area contributed by atoms with Gasteiger partial charge < -0.3 is 18.9 Å². The van der Waals surface area contributed by atoms with Crippen molar-refractivity contribution in [3.05, 3.63) is 0 Å². The maximum Gasteiger partial charge on any atom is 0.158 e. The summed E-state index contributed by atoms with van der Waals surface area (Å²) in [7, 11) is 0. The van der Waals surface area contributed by atoms with Gasteiger partial charge in [0.15, 0.2) is 12.6 Å². The van der Waals surface area contributed by atoms with Gasteiger partial charge in [0.1, 0.15) is 0 Å². The average molecular weight is 244 g/mol. The van der Waals surface area contributed by atoms with Gasteiger partial charge in [-0.2, -0.15) is 0 Å². The van der Waals surface area contributed by atoms with Crippen LogP contribution in [0.2, 0.25) is 0 Å². The van der Waals surface area contributed by atoms with E-state index in [1.807, 2.05) is 6.92 Å². The van der Waals surface area contributed by atoms with Gasteiger partial charge in [-0.05, 0) is 45.4 Å². The van der Waals surface area contributed by atoms with E-state index in [2.05, 4.69) is 0 Å². The molecule has 0 aromatic carbocycles. The van der Waals surface area contributed by atoms with E-state index in [1.165, 1.54) is 12.8 Å². The lowest BCUT2D eigenvalue weighted by Gasteiger charge is -2.28. The summed E-state index contributed by atoms with van der Waals surface area (Å²) in [6, 6.07) is 0. The van der Waals surface area contributed by atoms with Gasteiger partial charge in [0.05, 0.1) is 12.7 Å². The third-order valence-electron chi connectivity index (χ3n) is 3.18. The summed E-state index contributed by atoms with van der Waals surface area (Å²) in [5.74, 6) is 0. The van der Waals surface area contributed by atoms with Gasteiger partial charge >= 0.3 is 0 Å². The van der Waals surface area contributed by atoms with Crippen LogP contribution in [0, 0.1) is 0 Å².